The van der Waals surface area contributed by atoms with Crippen molar-refractivity contribution in [2.75, 3.05) is 6.54 Å². The number of hydrogen-bond acceptors (Lipinski definition) is 2. The molecule has 4 nitrogen and oxygen atoms in total. The highest BCUT2D eigenvalue weighted by Crippen LogP contribution is 2.15. The number of carboxylic acids is 1. The average Bonchev–Trinajstić information content (AvgIpc) is 2.55. The molecule has 0 aromatic heterocycles. The van der Waals surface area contributed by atoms with Crippen molar-refractivity contribution in [2.45, 2.75) is 25.7 Å². The molecule has 2 rings (SSSR count). The molecule has 0 aliphatic heterocycles. The van der Waals surface area contributed by atoms with Gasteiger partial charge in [-0.15, -0.1) is 0 Å². The van der Waals surface area contributed by atoms with E-state index in [1.54, 1.807) is 24.3 Å². The molecule has 4 heteroatoms. The van der Waals surface area contributed by atoms with Crippen LogP contribution in [0.4, 0.5) is 0 Å². The van der Waals surface area contributed by atoms with Gasteiger partial charge in [-0.25, -0.2) is 0 Å². The Bertz CT molecular complexity index is 667. The average molecular weight is 311 g/mol. The van der Waals surface area contributed by atoms with Gasteiger partial charge in [0.2, 0.25) is 5.91 Å². The molecule has 0 radical (unpaired) electrons. The molecule has 0 unspecified atom stereocenters. The Hall–Kier alpha value is -2.62. The molecule has 0 heterocycles. The van der Waals surface area contributed by atoms with Crippen molar-refractivity contribution < 1.29 is 14.7 Å². The minimum Gasteiger partial charge on any atom is -0.481 e. The summed E-state index contributed by atoms with van der Waals surface area (Å²) in [5.41, 5.74) is 2.99. The lowest BCUT2D eigenvalue weighted by molar-refractivity contribution is -0.138. The number of carbonyl (C=O) groups excluding carboxylic acids is 1. The van der Waals surface area contributed by atoms with Crippen LogP contribution >= 0.6 is 0 Å². The van der Waals surface area contributed by atoms with Crippen LogP contribution in [0.5, 0.6) is 0 Å². The summed E-state index contributed by atoms with van der Waals surface area (Å²) in [5, 5.41) is 12.1. The maximum absolute atomic E-state index is 12.0. The van der Waals surface area contributed by atoms with E-state index >= 15 is 0 Å². The lowest BCUT2D eigenvalue weighted by atomic mass is 9.99. The van der Waals surface area contributed by atoms with Gasteiger partial charge in [0.05, 0.1) is 5.92 Å². The van der Waals surface area contributed by atoms with E-state index in [0.717, 1.165) is 11.1 Å². The highest BCUT2D eigenvalue weighted by Gasteiger charge is 2.20. The second-order valence-corrected chi connectivity index (χ2v) is 5.53. The van der Waals surface area contributed by atoms with Gasteiger partial charge in [-0.2, -0.15) is 0 Å². The molecule has 23 heavy (non-hydrogen) atoms. The molecule has 2 aromatic rings. The van der Waals surface area contributed by atoms with E-state index in [0.29, 0.717) is 18.4 Å². The van der Waals surface area contributed by atoms with E-state index in [4.69, 9.17) is 0 Å². The van der Waals surface area contributed by atoms with E-state index in [1.165, 1.54) is 0 Å². The van der Waals surface area contributed by atoms with Crippen LogP contribution < -0.4 is 5.32 Å². The zero-order valence-electron chi connectivity index (χ0n) is 13.2. The molecular weight excluding hydrogens is 290 g/mol. The van der Waals surface area contributed by atoms with Crippen molar-refractivity contribution in [2.24, 2.45) is 0 Å². The minimum absolute atomic E-state index is 0.103. The van der Waals surface area contributed by atoms with Gasteiger partial charge in [-0.3, -0.25) is 9.59 Å². The van der Waals surface area contributed by atoms with Gasteiger partial charge in [-0.05, 0) is 30.0 Å². The summed E-state index contributed by atoms with van der Waals surface area (Å²) in [5.74, 6) is -1.79. The quantitative estimate of drug-likeness (QED) is 0.826. The summed E-state index contributed by atoms with van der Waals surface area (Å²) in [6, 6.07) is 16.9. The van der Waals surface area contributed by atoms with Crippen LogP contribution in [-0.4, -0.2) is 23.5 Å². The first kappa shape index (κ1) is 16.7. The number of carboxylic acid groups (broad SMARTS) is 1. The van der Waals surface area contributed by atoms with Crippen molar-refractivity contribution in [3.05, 3.63) is 71.3 Å². The summed E-state index contributed by atoms with van der Waals surface area (Å²) in [4.78, 5) is 23.4. The minimum atomic E-state index is -0.935. The third-order valence-corrected chi connectivity index (χ3v) is 3.89. The van der Waals surface area contributed by atoms with E-state index in [-0.39, 0.29) is 12.5 Å². The van der Waals surface area contributed by atoms with Gasteiger partial charge in [0, 0.05) is 13.0 Å². The summed E-state index contributed by atoms with van der Waals surface area (Å²) < 4.78 is 0. The highest BCUT2D eigenvalue weighted by atomic mass is 16.4. The van der Waals surface area contributed by atoms with Crippen molar-refractivity contribution >= 4 is 11.9 Å². The number of hydrogen-bond donors (Lipinski definition) is 2. The molecule has 0 aliphatic rings. The number of carbonyl (C=O) groups is 2. The normalized spacial score (nSPS) is 11.7. The second-order valence-electron chi connectivity index (χ2n) is 5.53. The summed E-state index contributed by atoms with van der Waals surface area (Å²) in [6.45, 7) is 2.12. The number of amides is 1. The first-order valence-corrected chi connectivity index (χ1v) is 7.67. The van der Waals surface area contributed by atoms with E-state index in [1.807, 2.05) is 37.3 Å². The van der Waals surface area contributed by atoms with Crippen molar-refractivity contribution in [3.8, 4) is 0 Å². The largest absolute Gasteiger partial charge is 0.481 e. The lowest BCUT2D eigenvalue weighted by Gasteiger charge is -2.14. The van der Waals surface area contributed by atoms with E-state index in [2.05, 4.69) is 5.32 Å². The molecule has 2 aromatic carbocycles. The van der Waals surface area contributed by atoms with Gasteiger partial charge in [-0.1, -0.05) is 54.6 Å². The van der Waals surface area contributed by atoms with Crippen molar-refractivity contribution in [3.63, 3.8) is 0 Å². The van der Waals surface area contributed by atoms with Crippen molar-refractivity contribution in [1.82, 2.24) is 5.32 Å². The fourth-order valence-corrected chi connectivity index (χ4v) is 2.48. The molecule has 0 fully saturated rings. The predicted octanol–water partition coefficient (Wildman–Crippen LogP) is 2.91. The maximum atomic E-state index is 12.0. The number of nitrogens with one attached hydrogen (secondary N) is 1. The second kappa shape index (κ2) is 8.13. The Kier molecular flexibility index (Phi) is 5.92. The highest BCUT2D eigenvalue weighted by molar-refractivity contribution is 5.80. The van der Waals surface area contributed by atoms with Crippen LogP contribution in [0.2, 0.25) is 0 Å². The molecule has 0 saturated heterocycles. The van der Waals surface area contributed by atoms with Gasteiger partial charge >= 0.3 is 5.97 Å². The molecule has 0 saturated carbocycles. The number of rotatable bonds is 7. The molecule has 1 amide bonds. The molecule has 120 valence electrons. The Morgan fingerprint density at radius 2 is 1.70 bits per heavy atom. The zero-order valence-corrected chi connectivity index (χ0v) is 13.2. The van der Waals surface area contributed by atoms with Crippen LogP contribution in [-0.2, 0) is 16.0 Å². The van der Waals surface area contributed by atoms with E-state index in [9.17, 15) is 14.7 Å². The van der Waals surface area contributed by atoms with Crippen molar-refractivity contribution in [1.29, 1.82) is 0 Å². The number of aryl methyl sites for hydroxylation is 2. The molecule has 2 N–H and O–H groups in total. The topological polar surface area (TPSA) is 66.4 Å². The monoisotopic (exact) mass is 311 g/mol. The van der Waals surface area contributed by atoms with Crippen LogP contribution in [0, 0.1) is 6.92 Å². The van der Waals surface area contributed by atoms with Gasteiger partial charge in [0.25, 0.3) is 0 Å². The smallest absolute Gasteiger partial charge is 0.312 e. The fourth-order valence-electron chi connectivity index (χ4n) is 2.48. The summed E-state index contributed by atoms with van der Waals surface area (Å²) in [6.07, 6.45) is 1.01. The third-order valence-electron chi connectivity index (χ3n) is 3.89. The Morgan fingerprint density at radius 3 is 2.35 bits per heavy atom. The van der Waals surface area contributed by atoms with Gasteiger partial charge in [0.1, 0.15) is 0 Å². The van der Waals surface area contributed by atoms with Crippen LogP contribution in [0.25, 0.3) is 0 Å². The summed E-state index contributed by atoms with van der Waals surface area (Å²) >= 11 is 0. The van der Waals surface area contributed by atoms with E-state index < -0.39 is 11.9 Å². The Balaban J connectivity index is 1.87. The fraction of sp³-hybridized carbons (Fsp3) is 0.263. The first-order valence-electron chi connectivity index (χ1n) is 7.67. The van der Waals surface area contributed by atoms with Gasteiger partial charge < -0.3 is 10.4 Å². The zero-order chi connectivity index (χ0) is 16.7. The third kappa shape index (κ3) is 4.95. The number of aliphatic carboxylic acids is 1. The molecule has 0 bridgehead atoms. The molecule has 0 aliphatic carbocycles. The molecule has 0 spiro atoms. The first-order chi connectivity index (χ1) is 11.1. The predicted molar refractivity (Wildman–Crippen MR) is 89.3 cm³/mol. The SMILES string of the molecule is Cc1ccccc1CCC(=O)NC[C@@H](C(=O)O)c1ccccc1. The van der Waals surface area contributed by atoms with Crippen LogP contribution in [0.1, 0.15) is 29.0 Å². The van der Waals surface area contributed by atoms with Crippen LogP contribution in [0.15, 0.2) is 54.6 Å². The standard InChI is InChI=1S/C19H21NO3/c1-14-7-5-6-8-15(14)11-12-18(21)20-13-17(19(22)23)16-9-3-2-4-10-16/h2-10,17H,11-13H2,1H3,(H,20,21)(H,22,23)/t17-/m1/s1. The Morgan fingerprint density at radius 1 is 1.04 bits per heavy atom. The number of benzene rings is 2. The van der Waals surface area contributed by atoms with Crippen LogP contribution in [0.3, 0.4) is 0 Å². The Labute approximate surface area is 136 Å². The summed E-state index contributed by atoms with van der Waals surface area (Å²) in [7, 11) is 0. The maximum Gasteiger partial charge on any atom is 0.312 e. The molecular formula is C19H21NO3. The molecule has 1 atom stereocenters. The lowest BCUT2D eigenvalue weighted by Crippen LogP contribution is -2.31. The van der Waals surface area contributed by atoms with Gasteiger partial charge in [0.15, 0.2) is 0 Å².